The number of allylic oxidation sites excluding steroid dienone is 1. The normalized spacial score (nSPS) is 12.1. The van der Waals surface area contributed by atoms with Crippen molar-refractivity contribution in [3.05, 3.63) is 168 Å². The van der Waals surface area contributed by atoms with Gasteiger partial charge in [0.25, 0.3) is 0 Å². The second-order valence-electron chi connectivity index (χ2n) is 12.5. The lowest BCUT2D eigenvalue weighted by atomic mass is 9.88. The van der Waals surface area contributed by atoms with Crippen LogP contribution in [0, 0.1) is 13.8 Å². The van der Waals surface area contributed by atoms with Gasteiger partial charge in [0.1, 0.15) is 0 Å². The molecule has 8 rings (SSSR count). The van der Waals surface area contributed by atoms with Crippen LogP contribution in [0.2, 0.25) is 0 Å². The number of hydrogen-bond donors (Lipinski definition) is 0. The highest BCUT2D eigenvalue weighted by Gasteiger charge is 2.17. The first-order chi connectivity index (χ1) is 23.6. The van der Waals surface area contributed by atoms with Gasteiger partial charge >= 0.3 is 0 Å². The van der Waals surface area contributed by atoms with Crippen LogP contribution in [0.4, 0.5) is 0 Å². The summed E-state index contributed by atoms with van der Waals surface area (Å²) in [6, 6.07) is 49.5. The lowest BCUT2D eigenvalue weighted by molar-refractivity contribution is 0.986. The summed E-state index contributed by atoms with van der Waals surface area (Å²) in [5, 5.41) is 0. The molecule has 1 aliphatic carbocycles. The van der Waals surface area contributed by atoms with Crippen molar-refractivity contribution in [1.82, 2.24) is 15.0 Å². The molecule has 230 valence electrons. The van der Waals surface area contributed by atoms with Gasteiger partial charge in [-0.15, -0.1) is 0 Å². The minimum absolute atomic E-state index is 0.704. The first-order valence-electron chi connectivity index (χ1n) is 16.6. The van der Waals surface area contributed by atoms with Crippen molar-refractivity contribution in [3.63, 3.8) is 0 Å². The van der Waals surface area contributed by atoms with E-state index in [9.17, 15) is 0 Å². The highest BCUT2D eigenvalue weighted by atomic mass is 14.9. The zero-order valence-corrected chi connectivity index (χ0v) is 27.2. The van der Waals surface area contributed by atoms with E-state index in [1.807, 2.05) is 12.1 Å². The molecule has 7 aromatic rings. The van der Waals surface area contributed by atoms with E-state index in [2.05, 4.69) is 158 Å². The van der Waals surface area contributed by atoms with Crippen molar-refractivity contribution in [2.24, 2.45) is 0 Å². The molecule has 0 aliphatic heterocycles. The van der Waals surface area contributed by atoms with Gasteiger partial charge in [-0.3, -0.25) is 4.98 Å². The molecular weight excluding hydrogens is 583 g/mol. The first-order valence-corrected chi connectivity index (χ1v) is 16.6. The Morgan fingerprint density at radius 1 is 0.438 bits per heavy atom. The summed E-state index contributed by atoms with van der Waals surface area (Å²) in [6.07, 6.45) is 6.71. The Balaban J connectivity index is 1.35. The summed E-state index contributed by atoms with van der Waals surface area (Å²) in [6.45, 7) is 4.11. The predicted octanol–water partition coefficient (Wildman–Crippen LogP) is 11.4. The van der Waals surface area contributed by atoms with Crippen LogP contribution in [0.1, 0.15) is 28.9 Å². The lowest BCUT2D eigenvalue weighted by Gasteiger charge is -2.17. The van der Waals surface area contributed by atoms with Gasteiger partial charge in [-0.05, 0) is 114 Å². The van der Waals surface area contributed by atoms with E-state index in [4.69, 9.17) is 9.97 Å². The van der Waals surface area contributed by atoms with Crippen LogP contribution in [-0.2, 0) is 6.42 Å². The summed E-state index contributed by atoms with van der Waals surface area (Å²) in [5.74, 6) is 0.704. The highest BCUT2D eigenvalue weighted by molar-refractivity contribution is 5.86. The third-order valence-electron chi connectivity index (χ3n) is 9.04. The first kappa shape index (κ1) is 29.5. The van der Waals surface area contributed by atoms with Crippen molar-refractivity contribution in [3.8, 4) is 67.3 Å². The zero-order chi connectivity index (χ0) is 32.5. The van der Waals surface area contributed by atoms with Crippen molar-refractivity contribution in [2.45, 2.75) is 26.7 Å². The molecule has 0 saturated heterocycles. The van der Waals surface area contributed by atoms with Gasteiger partial charge in [0, 0.05) is 28.1 Å². The molecule has 1 aliphatic rings. The highest BCUT2D eigenvalue weighted by Crippen LogP contribution is 2.38. The molecule has 3 nitrogen and oxygen atoms in total. The van der Waals surface area contributed by atoms with Crippen LogP contribution in [0.15, 0.2) is 146 Å². The number of hydrogen-bond acceptors (Lipinski definition) is 3. The summed E-state index contributed by atoms with van der Waals surface area (Å²) in [7, 11) is 0. The Bertz CT molecular complexity index is 2220. The number of fused-ring (bicyclic) bond motifs is 1. The van der Waals surface area contributed by atoms with E-state index in [1.165, 1.54) is 27.8 Å². The Labute approximate surface area is 282 Å². The lowest BCUT2D eigenvalue weighted by Crippen LogP contribution is -1.99. The molecule has 0 spiro atoms. The van der Waals surface area contributed by atoms with E-state index in [0.717, 1.165) is 69.0 Å². The molecule has 0 unspecified atom stereocenters. The van der Waals surface area contributed by atoms with Gasteiger partial charge in [-0.2, -0.15) is 0 Å². The largest absolute Gasteiger partial charge is 0.258 e. The van der Waals surface area contributed by atoms with Gasteiger partial charge in [0.15, 0.2) is 5.82 Å². The molecule has 0 atom stereocenters. The monoisotopic (exact) mass is 617 g/mol. The summed E-state index contributed by atoms with van der Waals surface area (Å²) in [4.78, 5) is 15.0. The number of nitrogens with zero attached hydrogens (tertiary/aromatic N) is 3. The van der Waals surface area contributed by atoms with Gasteiger partial charge < -0.3 is 0 Å². The van der Waals surface area contributed by atoms with E-state index < -0.39 is 0 Å². The summed E-state index contributed by atoms with van der Waals surface area (Å²) in [5.41, 5.74) is 16.6. The maximum absolute atomic E-state index is 5.21. The Morgan fingerprint density at radius 2 is 0.979 bits per heavy atom. The Hall–Kier alpha value is -5.93. The molecule has 5 aromatic carbocycles. The van der Waals surface area contributed by atoms with Crippen molar-refractivity contribution in [1.29, 1.82) is 0 Å². The molecule has 0 radical (unpaired) electrons. The summed E-state index contributed by atoms with van der Waals surface area (Å²) < 4.78 is 0. The molecular formula is C45H35N3. The maximum atomic E-state index is 5.21. The molecule has 48 heavy (non-hydrogen) atoms. The second kappa shape index (κ2) is 12.7. The molecule has 0 fully saturated rings. The summed E-state index contributed by atoms with van der Waals surface area (Å²) >= 11 is 0. The topological polar surface area (TPSA) is 38.7 Å². The maximum Gasteiger partial charge on any atom is 0.160 e. The fourth-order valence-corrected chi connectivity index (χ4v) is 6.77. The molecule has 0 amide bonds. The molecule has 0 bridgehead atoms. The van der Waals surface area contributed by atoms with Gasteiger partial charge in [0.2, 0.25) is 0 Å². The number of pyridine rings is 1. The third kappa shape index (κ3) is 5.99. The van der Waals surface area contributed by atoms with Crippen molar-refractivity contribution < 1.29 is 0 Å². The average Bonchev–Trinajstić information content (AvgIpc) is 3.14. The van der Waals surface area contributed by atoms with Crippen LogP contribution in [0.3, 0.4) is 0 Å². The van der Waals surface area contributed by atoms with Crippen molar-refractivity contribution in [2.75, 3.05) is 0 Å². The second-order valence-corrected chi connectivity index (χ2v) is 12.5. The fourth-order valence-electron chi connectivity index (χ4n) is 6.77. The van der Waals surface area contributed by atoms with Crippen LogP contribution in [0.5, 0.6) is 0 Å². The quantitative estimate of drug-likeness (QED) is 0.186. The van der Waals surface area contributed by atoms with Gasteiger partial charge in [-0.25, -0.2) is 9.97 Å². The molecule has 0 N–H and O–H groups in total. The Morgan fingerprint density at radius 3 is 1.65 bits per heavy atom. The minimum Gasteiger partial charge on any atom is -0.258 e. The van der Waals surface area contributed by atoms with Crippen LogP contribution >= 0.6 is 0 Å². The van der Waals surface area contributed by atoms with Gasteiger partial charge in [0.05, 0.1) is 11.4 Å². The number of aryl methyl sites for hydroxylation is 3. The van der Waals surface area contributed by atoms with E-state index in [0.29, 0.717) is 5.82 Å². The average molecular weight is 618 g/mol. The molecule has 3 heteroatoms. The predicted molar refractivity (Wildman–Crippen MR) is 199 cm³/mol. The zero-order valence-electron chi connectivity index (χ0n) is 27.2. The van der Waals surface area contributed by atoms with E-state index in [-0.39, 0.29) is 0 Å². The van der Waals surface area contributed by atoms with Crippen LogP contribution < -0.4 is 0 Å². The fraction of sp³-hybridized carbons (Fsp3) is 0.0889. The minimum atomic E-state index is 0.704. The van der Waals surface area contributed by atoms with Crippen molar-refractivity contribution >= 4 is 6.08 Å². The number of benzene rings is 5. The van der Waals surface area contributed by atoms with Crippen LogP contribution in [0.25, 0.3) is 73.4 Å². The number of rotatable bonds is 6. The van der Waals surface area contributed by atoms with Gasteiger partial charge in [-0.1, -0.05) is 109 Å². The van der Waals surface area contributed by atoms with E-state index >= 15 is 0 Å². The number of aromatic nitrogens is 3. The van der Waals surface area contributed by atoms with Crippen LogP contribution in [-0.4, -0.2) is 15.0 Å². The molecule has 0 saturated carbocycles. The molecule has 2 aromatic heterocycles. The Kier molecular flexibility index (Phi) is 7.79. The molecule has 2 heterocycles. The standard InChI is InChI=1S/C45H35N3/c1-30-23-37(24-31(2)46-30)35-19-11-20-36(25-35)38-26-39(42-22-12-18-32-13-9-10-21-41(32)42)28-40(27-38)45-47-43(33-14-5-3-6-15-33)29-44(48-45)34-16-7-4-8-17-34/h3-8,10-12,14-29H,9,13H2,1-2H3. The third-order valence-corrected chi connectivity index (χ3v) is 9.04. The van der Waals surface area contributed by atoms with E-state index in [1.54, 1.807) is 0 Å². The SMILES string of the molecule is Cc1cc(-c2cccc(-c3cc(-c4nc(-c5ccccc5)cc(-c5ccccc5)n4)cc(-c4cccc5c4C=CCC5)c3)c2)cc(C)n1. The smallest absolute Gasteiger partial charge is 0.160 e.